The second-order valence-electron chi connectivity index (χ2n) is 8.49. The quantitative estimate of drug-likeness (QED) is 0.380. The first-order valence-corrected chi connectivity index (χ1v) is 11.2. The van der Waals surface area contributed by atoms with Crippen LogP contribution >= 0.6 is 0 Å². The van der Waals surface area contributed by atoms with E-state index in [9.17, 15) is 9.59 Å². The fourth-order valence-electron chi connectivity index (χ4n) is 5.03. The van der Waals surface area contributed by atoms with Crippen molar-refractivity contribution in [1.82, 2.24) is 18.3 Å². The lowest BCUT2D eigenvalue weighted by Gasteiger charge is -2.12. The Balaban J connectivity index is 1.58. The van der Waals surface area contributed by atoms with E-state index >= 15 is 0 Å². The SMILES string of the molecule is O=c1n2c3ccccc3n1Cc1ccccc1Cn1c(=O)n(c3ccccc31)CCCC2. The van der Waals surface area contributed by atoms with Gasteiger partial charge in [-0.3, -0.25) is 18.3 Å². The molecule has 4 bridgehead atoms. The van der Waals surface area contributed by atoms with Gasteiger partial charge in [-0.15, -0.1) is 0 Å². The zero-order valence-corrected chi connectivity index (χ0v) is 17.8. The molecule has 32 heavy (non-hydrogen) atoms. The average molecular weight is 425 g/mol. The normalized spacial score (nSPS) is 14.4. The molecule has 0 saturated carbocycles. The van der Waals surface area contributed by atoms with Gasteiger partial charge in [-0.25, -0.2) is 9.59 Å². The Kier molecular flexibility index (Phi) is 4.38. The molecule has 1 aliphatic heterocycles. The molecular weight excluding hydrogens is 400 g/mol. The molecule has 0 radical (unpaired) electrons. The molecule has 6 nitrogen and oxygen atoms in total. The Morgan fingerprint density at radius 2 is 0.812 bits per heavy atom. The van der Waals surface area contributed by atoms with E-state index in [4.69, 9.17) is 0 Å². The summed E-state index contributed by atoms with van der Waals surface area (Å²) >= 11 is 0. The van der Waals surface area contributed by atoms with E-state index in [0.29, 0.717) is 26.2 Å². The van der Waals surface area contributed by atoms with Gasteiger partial charge in [-0.05, 0) is 48.2 Å². The van der Waals surface area contributed by atoms with E-state index in [-0.39, 0.29) is 11.4 Å². The standard InChI is InChI=1S/C26H24N4O2/c31-25-27-15-7-8-16-28-22-12-4-6-14-24(22)30(26(28)32)18-20-10-2-1-9-19(20)17-29(25)23-13-5-3-11-21(23)27/h1-6,9-14H,7-8,15-18H2. The number of nitrogens with zero attached hydrogens (tertiary/aromatic N) is 4. The lowest BCUT2D eigenvalue weighted by atomic mass is 10.1. The van der Waals surface area contributed by atoms with Crippen LogP contribution < -0.4 is 11.4 Å². The van der Waals surface area contributed by atoms with Crippen LogP contribution in [-0.4, -0.2) is 18.3 Å². The number of para-hydroxylation sites is 4. The van der Waals surface area contributed by atoms with Gasteiger partial charge in [0.2, 0.25) is 0 Å². The molecule has 2 aromatic heterocycles. The van der Waals surface area contributed by atoms with E-state index in [2.05, 4.69) is 12.1 Å². The van der Waals surface area contributed by atoms with Gasteiger partial charge < -0.3 is 0 Å². The monoisotopic (exact) mass is 424 g/mol. The lowest BCUT2D eigenvalue weighted by molar-refractivity contribution is 0.535. The Morgan fingerprint density at radius 3 is 1.22 bits per heavy atom. The predicted molar refractivity (Wildman–Crippen MR) is 126 cm³/mol. The summed E-state index contributed by atoms with van der Waals surface area (Å²) in [6, 6.07) is 24.1. The van der Waals surface area contributed by atoms with Crippen molar-refractivity contribution in [2.45, 2.75) is 39.0 Å². The Bertz CT molecular complexity index is 1460. The van der Waals surface area contributed by atoms with E-state index in [1.165, 1.54) is 0 Å². The summed E-state index contributed by atoms with van der Waals surface area (Å²) in [6.07, 6.45) is 1.66. The van der Waals surface area contributed by atoms with Crippen molar-refractivity contribution in [3.63, 3.8) is 0 Å². The number of rotatable bonds is 0. The maximum atomic E-state index is 13.4. The van der Waals surface area contributed by atoms with Crippen molar-refractivity contribution < 1.29 is 0 Å². The maximum Gasteiger partial charge on any atom is 0.329 e. The summed E-state index contributed by atoms with van der Waals surface area (Å²) in [5.41, 5.74) is 6.01. The summed E-state index contributed by atoms with van der Waals surface area (Å²) in [5, 5.41) is 0. The van der Waals surface area contributed by atoms with E-state index < -0.39 is 0 Å². The number of imidazole rings is 2. The minimum atomic E-state index is 0.0287. The molecule has 0 fully saturated rings. The molecule has 3 aromatic carbocycles. The molecule has 0 spiro atoms. The summed E-state index contributed by atoms with van der Waals surface area (Å²) in [6.45, 7) is 2.24. The summed E-state index contributed by atoms with van der Waals surface area (Å²) in [7, 11) is 0. The summed E-state index contributed by atoms with van der Waals surface area (Å²) in [5.74, 6) is 0. The van der Waals surface area contributed by atoms with Gasteiger partial charge >= 0.3 is 11.4 Å². The van der Waals surface area contributed by atoms with E-state index in [0.717, 1.165) is 46.0 Å². The third-order valence-corrected chi connectivity index (χ3v) is 6.64. The number of aryl methyl sites for hydroxylation is 2. The Morgan fingerprint density at radius 1 is 0.469 bits per heavy atom. The molecule has 5 aromatic rings. The largest absolute Gasteiger partial charge is 0.329 e. The van der Waals surface area contributed by atoms with Crippen molar-refractivity contribution in [2.24, 2.45) is 0 Å². The fraction of sp³-hybridized carbons (Fsp3) is 0.231. The van der Waals surface area contributed by atoms with Crippen LogP contribution in [0.2, 0.25) is 0 Å². The third kappa shape index (κ3) is 2.87. The highest BCUT2D eigenvalue weighted by Crippen LogP contribution is 2.21. The van der Waals surface area contributed by atoms with Gasteiger partial charge in [0.1, 0.15) is 0 Å². The van der Waals surface area contributed by atoms with Gasteiger partial charge in [-0.1, -0.05) is 48.5 Å². The highest BCUT2D eigenvalue weighted by Gasteiger charge is 2.18. The van der Waals surface area contributed by atoms with Crippen molar-refractivity contribution >= 4 is 22.1 Å². The van der Waals surface area contributed by atoms with Crippen molar-refractivity contribution in [2.75, 3.05) is 0 Å². The molecule has 6 heteroatoms. The molecule has 0 unspecified atom stereocenters. The maximum absolute atomic E-state index is 13.4. The Labute approximate surface area is 184 Å². The van der Waals surface area contributed by atoms with Crippen molar-refractivity contribution in [3.05, 3.63) is 105 Å². The Hall–Kier alpha value is -3.80. The predicted octanol–water partition coefficient (Wildman–Crippen LogP) is 3.81. The fourth-order valence-corrected chi connectivity index (χ4v) is 5.03. The highest BCUT2D eigenvalue weighted by molar-refractivity contribution is 5.77. The van der Waals surface area contributed by atoms with Crippen LogP contribution in [0, 0.1) is 0 Å². The smallest absolute Gasteiger partial charge is 0.292 e. The van der Waals surface area contributed by atoms with E-state index in [1.807, 2.05) is 78.9 Å². The second-order valence-corrected chi connectivity index (χ2v) is 8.49. The summed E-state index contributed by atoms with van der Waals surface area (Å²) < 4.78 is 7.50. The molecule has 0 atom stereocenters. The highest BCUT2D eigenvalue weighted by atomic mass is 16.2. The van der Waals surface area contributed by atoms with Crippen LogP contribution in [0.4, 0.5) is 0 Å². The molecule has 0 N–H and O–H groups in total. The van der Waals surface area contributed by atoms with Gasteiger partial charge in [0.15, 0.2) is 0 Å². The molecule has 3 heterocycles. The van der Waals surface area contributed by atoms with Crippen LogP contribution in [0.3, 0.4) is 0 Å². The molecule has 0 aliphatic carbocycles. The third-order valence-electron chi connectivity index (χ3n) is 6.64. The molecule has 0 saturated heterocycles. The van der Waals surface area contributed by atoms with Crippen LogP contribution in [0.15, 0.2) is 82.4 Å². The van der Waals surface area contributed by atoms with Gasteiger partial charge in [0.25, 0.3) is 0 Å². The van der Waals surface area contributed by atoms with Crippen molar-refractivity contribution in [3.8, 4) is 0 Å². The number of hydrogen-bond acceptors (Lipinski definition) is 2. The molecular formula is C26H24N4O2. The summed E-state index contributed by atoms with van der Waals surface area (Å²) in [4.78, 5) is 26.8. The minimum absolute atomic E-state index is 0.0287. The zero-order valence-electron chi connectivity index (χ0n) is 17.8. The average Bonchev–Trinajstić information content (AvgIpc) is 3.23. The van der Waals surface area contributed by atoms with Gasteiger partial charge in [-0.2, -0.15) is 0 Å². The minimum Gasteiger partial charge on any atom is -0.292 e. The lowest BCUT2D eigenvalue weighted by Crippen LogP contribution is -2.28. The van der Waals surface area contributed by atoms with Gasteiger partial charge in [0, 0.05) is 13.1 Å². The number of aromatic nitrogens is 4. The number of fused-ring (bicyclic) bond motifs is 11. The van der Waals surface area contributed by atoms with Crippen molar-refractivity contribution in [1.29, 1.82) is 0 Å². The topological polar surface area (TPSA) is 53.9 Å². The van der Waals surface area contributed by atoms with E-state index in [1.54, 1.807) is 0 Å². The molecule has 1 aliphatic rings. The van der Waals surface area contributed by atoms with Crippen LogP contribution in [0.1, 0.15) is 24.0 Å². The zero-order chi connectivity index (χ0) is 21.7. The van der Waals surface area contributed by atoms with Crippen LogP contribution in [-0.2, 0) is 26.2 Å². The van der Waals surface area contributed by atoms with Crippen LogP contribution in [0.25, 0.3) is 22.1 Å². The second kappa shape index (κ2) is 7.41. The van der Waals surface area contributed by atoms with Crippen LogP contribution in [0.5, 0.6) is 0 Å². The number of benzene rings is 3. The molecule has 0 amide bonds. The number of hydrogen-bond donors (Lipinski definition) is 0. The molecule has 6 rings (SSSR count). The van der Waals surface area contributed by atoms with Gasteiger partial charge in [0.05, 0.1) is 35.2 Å². The molecule has 160 valence electrons. The first-order chi connectivity index (χ1) is 15.7. The first kappa shape index (κ1) is 18.9. The first-order valence-electron chi connectivity index (χ1n) is 11.2.